The van der Waals surface area contributed by atoms with Crippen molar-refractivity contribution in [2.45, 2.75) is 128 Å². The fraction of sp³-hybridized carbons (Fsp3) is 0.960. The van der Waals surface area contributed by atoms with Gasteiger partial charge in [-0.1, -0.05) is 91.4 Å². The van der Waals surface area contributed by atoms with Gasteiger partial charge in [-0.2, -0.15) is 0 Å². The zero-order valence-electron chi connectivity index (χ0n) is 22.0. The SMILES string of the molecule is CCCCCC[Si](CCCCCC)(OC(=O)C(C)C[Si](OC)(OC)OC)C1CCCCC1. The summed E-state index contributed by atoms with van der Waals surface area (Å²) in [5.74, 6) is -0.320. The molecule has 1 saturated carbocycles. The number of unbranched alkanes of at least 4 members (excludes halogenated alkanes) is 6. The summed E-state index contributed by atoms with van der Waals surface area (Å²) < 4.78 is 23.5. The summed E-state index contributed by atoms with van der Waals surface area (Å²) in [7, 11) is -0.166. The van der Waals surface area contributed by atoms with E-state index in [1.807, 2.05) is 6.92 Å². The Kier molecular flexibility index (Phi) is 15.3. The number of hydrogen-bond acceptors (Lipinski definition) is 5. The van der Waals surface area contributed by atoms with Gasteiger partial charge < -0.3 is 17.7 Å². The van der Waals surface area contributed by atoms with Gasteiger partial charge in [-0.15, -0.1) is 0 Å². The van der Waals surface area contributed by atoms with Crippen LogP contribution in [0, 0.1) is 5.92 Å². The molecule has 7 heteroatoms. The molecule has 1 unspecified atom stereocenters. The lowest BCUT2D eigenvalue weighted by Crippen LogP contribution is -2.49. The first-order chi connectivity index (χ1) is 15.4. The van der Waals surface area contributed by atoms with E-state index in [1.54, 1.807) is 21.3 Å². The zero-order chi connectivity index (χ0) is 23.9. The van der Waals surface area contributed by atoms with Gasteiger partial charge in [0, 0.05) is 27.4 Å². The molecule has 0 saturated heterocycles. The first-order valence-corrected chi connectivity index (χ1v) is 17.6. The Morgan fingerprint density at radius 1 is 0.812 bits per heavy atom. The van der Waals surface area contributed by atoms with Crippen molar-refractivity contribution in [3.8, 4) is 0 Å². The summed E-state index contributed by atoms with van der Waals surface area (Å²) in [5, 5.41) is 0. The van der Waals surface area contributed by atoms with Gasteiger partial charge in [0.25, 0.3) is 14.3 Å². The van der Waals surface area contributed by atoms with Gasteiger partial charge in [0.05, 0.1) is 5.92 Å². The van der Waals surface area contributed by atoms with Crippen molar-refractivity contribution >= 4 is 23.1 Å². The van der Waals surface area contributed by atoms with Gasteiger partial charge in [-0.25, -0.2) is 0 Å². The summed E-state index contributed by atoms with van der Waals surface area (Å²) in [4.78, 5) is 13.5. The van der Waals surface area contributed by atoms with Gasteiger partial charge in [-0.3, -0.25) is 4.79 Å². The van der Waals surface area contributed by atoms with Crippen molar-refractivity contribution in [3.05, 3.63) is 0 Å². The van der Waals surface area contributed by atoms with Crippen molar-refractivity contribution < 1.29 is 22.5 Å². The molecule has 0 bridgehead atoms. The number of hydrogen-bond donors (Lipinski definition) is 0. The van der Waals surface area contributed by atoms with Crippen molar-refractivity contribution in [1.29, 1.82) is 0 Å². The highest BCUT2D eigenvalue weighted by atomic mass is 28.4. The average Bonchev–Trinajstić information content (AvgIpc) is 2.83. The van der Waals surface area contributed by atoms with E-state index < -0.39 is 17.1 Å². The molecular weight excluding hydrogens is 436 g/mol. The smallest absolute Gasteiger partial charge is 0.501 e. The van der Waals surface area contributed by atoms with E-state index in [2.05, 4.69) is 13.8 Å². The second-order valence-corrected chi connectivity index (χ2v) is 17.0. The maximum absolute atomic E-state index is 13.5. The van der Waals surface area contributed by atoms with Crippen molar-refractivity contribution in [3.63, 3.8) is 0 Å². The third-order valence-corrected chi connectivity index (χ3v) is 15.5. The summed E-state index contributed by atoms with van der Waals surface area (Å²) in [6.07, 6.45) is 16.4. The molecule has 0 aliphatic heterocycles. The fourth-order valence-electron chi connectivity index (χ4n) is 5.31. The monoisotopic (exact) mass is 488 g/mol. The van der Waals surface area contributed by atoms with Crippen LogP contribution in [-0.2, 0) is 22.5 Å². The maximum atomic E-state index is 13.5. The molecule has 190 valence electrons. The minimum absolute atomic E-state index is 0.0451. The molecule has 0 radical (unpaired) electrons. The third kappa shape index (κ3) is 9.57. The molecule has 1 fully saturated rings. The second kappa shape index (κ2) is 16.4. The Balaban J connectivity index is 3.03. The van der Waals surface area contributed by atoms with Crippen LogP contribution in [0.2, 0.25) is 23.7 Å². The Morgan fingerprint density at radius 3 is 1.75 bits per heavy atom. The fourth-order valence-corrected chi connectivity index (χ4v) is 12.4. The Labute approximate surface area is 200 Å². The molecule has 0 aromatic rings. The lowest BCUT2D eigenvalue weighted by atomic mass is 10.0. The van der Waals surface area contributed by atoms with Crippen LogP contribution in [0.5, 0.6) is 0 Å². The number of carbonyl (C=O) groups excluding carboxylic acids is 1. The van der Waals surface area contributed by atoms with Crippen LogP contribution in [-0.4, -0.2) is 44.4 Å². The molecule has 1 aliphatic carbocycles. The zero-order valence-corrected chi connectivity index (χ0v) is 24.0. The first kappa shape index (κ1) is 29.8. The summed E-state index contributed by atoms with van der Waals surface area (Å²) >= 11 is 0. The molecule has 1 aliphatic rings. The van der Waals surface area contributed by atoms with E-state index in [9.17, 15) is 4.79 Å². The largest absolute Gasteiger partial charge is 0.519 e. The number of rotatable bonds is 18. The molecule has 1 atom stereocenters. The van der Waals surface area contributed by atoms with E-state index in [0.29, 0.717) is 11.6 Å². The summed E-state index contributed by atoms with van der Waals surface area (Å²) in [5.41, 5.74) is 0.630. The van der Waals surface area contributed by atoms with E-state index in [4.69, 9.17) is 17.7 Å². The van der Waals surface area contributed by atoms with Crippen LogP contribution in [0.3, 0.4) is 0 Å². The molecule has 5 nitrogen and oxygen atoms in total. The van der Waals surface area contributed by atoms with Crippen molar-refractivity contribution in [2.24, 2.45) is 5.92 Å². The quantitative estimate of drug-likeness (QED) is 0.148. The molecule has 0 aromatic carbocycles. The third-order valence-electron chi connectivity index (χ3n) is 7.45. The van der Waals surface area contributed by atoms with E-state index in [1.165, 1.54) is 83.5 Å². The highest BCUT2D eigenvalue weighted by Crippen LogP contribution is 2.44. The lowest BCUT2D eigenvalue weighted by Gasteiger charge is -2.41. The molecule has 0 amide bonds. The Bertz CT molecular complexity index is 472. The first-order valence-electron chi connectivity index (χ1n) is 13.3. The summed E-state index contributed by atoms with van der Waals surface area (Å²) in [6, 6.07) is 2.75. The highest BCUT2D eigenvalue weighted by molar-refractivity contribution is 6.76. The molecule has 0 heterocycles. The molecular formula is C25H52O5Si2. The van der Waals surface area contributed by atoms with Crippen LogP contribution in [0.25, 0.3) is 0 Å². The lowest BCUT2D eigenvalue weighted by molar-refractivity contribution is -0.139. The van der Waals surface area contributed by atoms with Crippen LogP contribution >= 0.6 is 0 Å². The topological polar surface area (TPSA) is 54.0 Å². The van der Waals surface area contributed by atoms with Crippen LogP contribution in [0.15, 0.2) is 0 Å². The molecule has 32 heavy (non-hydrogen) atoms. The molecule has 0 aromatic heterocycles. The van der Waals surface area contributed by atoms with Gasteiger partial charge >= 0.3 is 8.80 Å². The Hall–Kier alpha value is -0.216. The van der Waals surface area contributed by atoms with Crippen LogP contribution < -0.4 is 0 Å². The van der Waals surface area contributed by atoms with Gasteiger partial charge in [0.2, 0.25) is 0 Å². The normalized spacial score (nSPS) is 16.8. The highest BCUT2D eigenvalue weighted by Gasteiger charge is 2.48. The van der Waals surface area contributed by atoms with Crippen molar-refractivity contribution in [1.82, 2.24) is 0 Å². The minimum Gasteiger partial charge on any atom is -0.519 e. The predicted octanol–water partition coefficient (Wildman–Crippen LogP) is 7.48. The Morgan fingerprint density at radius 2 is 1.31 bits per heavy atom. The second-order valence-electron chi connectivity index (χ2n) is 9.84. The van der Waals surface area contributed by atoms with Gasteiger partial charge in [0.1, 0.15) is 0 Å². The van der Waals surface area contributed by atoms with E-state index in [0.717, 1.165) is 12.1 Å². The molecule has 0 spiro atoms. The summed E-state index contributed by atoms with van der Waals surface area (Å²) in [6.45, 7) is 6.47. The van der Waals surface area contributed by atoms with Gasteiger partial charge in [0.15, 0.2) is 0 Å². The van der Waals surface area contributed by atoms with Crippen LogP contribution in [0.1, 0.15) is 104 Å². The minimum atomic E-state index is -2.82. The van der Waals surface area contributed by atoms with E-state index >= 15 is 0 Å². The molecule has 1 rings (SSSR count). The van der Waals surface area contributed by atoms with Crippen molar-refractivity contribution in [2.75, 3.05) is 21.3 Å². The van der Waals surface area contributed by atoms with Crippen LogP contribution in [0.4, 0.5) is 0 Å². The van der Waals surface area contributed by atoms with E-state index in [-0.39, 0.29) is 11.9 Å². The maximum Gasteiger partial charge on any atom is 0.501 e. The average molecular weight is 489 g/mol. The number of carbonyl (C=O) groups is 1. The predicted molar refractivity (Wildman–Crippen MR) is 137 cm³/mol. The standard InChI is InChI=1S/C25H52O5Si2/c1-7-9-11-16-20-31(21-17-12-10-8-2,24-18-14-13-15-19-24)30-25(26)23(3)22-32(27-4,28-5)29-6/h23-24H,7-22H2,1-6H3. The molecule has 0 N–H and O–H groups in total. The van der Waals surface area contributed by atoms with Gasteiger partial charge in [-0.05, 0) is 30.5 Å².